The molecule has 0 aliphatic rings. The summed E-state index contributed by atoms with van der Waals surface area (Å²) in [6, 6.07) is 36.5. The number of benzene rings is 3. The van der Waals surface area contributed by atoms with Crippen molar-refractivity contribution in [2.45, 2.75) is 46.3 Å². The number of Topliss-reactive ketones (excluding diaryl/α,β-unsaturated/α-hetero) is 6. The Hall–Kier alpha value is -8.26. The number of nitrogens with zero attached hydrogens (tertiary/aromatic N) is 3. The number of nitrogens with one attached hydrogen (secondary N) is 1. The molecule has 0 aliphatic heterocycles. The maximum absolute atomic E-state index is 11.9. The summed E-state index contributed by atoms with van der Waals surface area (Å²) in [6.45, 7) is 5.19. The largest absolute Gasteiger partial charge is 0.475 e. The number of esters is 1. The Balaban J connectivity index is 0.000000195. The number of ketones is 6. The molecule has 0 saturated carbocycles. The number of rotatable bonds is 16. The minimum Gasteiger partial charge on any atom is -0.475 e. The van der Waals surface area contributed by atoms with Gasteiger partial charge in [-0.25, -0.2) is 9.59 Å². The summed E-state index contributed by atoms with van der Waals surface area (Å²) >= 11 is 0. The first-order valence-electron chi connectivity index (χ1n) is 19.9. The van der Waals surface area contributed by atoms with E-state index in [0.717, 1.165) is 35.9 Å². The van der Waals surface area contributed by atoms with Crippen molar-refractivity contribution in [3.8, 4) is 0 Å². The number of aromatic amines is 1. The Kier molecular flexibility index (Phi) is 18.8. The number of carboxylic acids is 1. The number of H-pyrrole nitrogens is 1. The molecule has 0 fully saturated rings. The van der Waals surface area contributed by atoms with Gasteiger partial charge >= 0.3 is 11.9 Å². The number of aliphatic carboxylic acids is 1. The van der Waals surface area contributed by atoms with Gasteiger partial charge in [0.2, 0.25) is 11.6 Å². The van der Waals surface area contributed by atoms with Crippen molar-refractivity contribution in [1.29, 1.82) is 0 Å². The van der Waals surface area contributed by atoms with Crippen molar-refractivity contribution in [1.82, 2.24) is 18.7 Å². The molecule has 4 heterocycles. The SMILES string of the molecule is CC(=O)c1cc[nH]c1.CC(=O)c1ccn(Cc2ccccc2)c1.COC(=O)C(=O)CC(=O)c1ccn(Cc2ccccc2)c1.O=C(O)C(=O)CC(=O)c1ccn(Cc2ccccc2)c1. The van der Waals surface area contributed by atoms with Gasteiger partial charge in [0.05, 0.1) is 20.0 Å². The minimum absolute atomic E-state index is 0.103. The number of aromatic nitrogens is 4. The molecule has 0 bridgehead atoms. The second kappa shape index (κ2) is 24.9. The first kappa shape index (κ1) is 48.4. The molecule has 0 saturated heterocycles. The molecule has 14 heteroatoms. The van der Waals surface area contributed by atoms with Gasteiger partial charge in [0.15, 0.2) is 23.1 Å². The zero-order chi connectivity index (χ0) is 46.4. The van der Waals surface area contributed by atoms with Crippen molar-refractivity contribution >= 4 is 46.6 Å². The number of carbonyl (C=O) groups is 8. The van der Waals surface area contributed by atoms with Crippen LogP contribution in [0.1, 0.15) is 84.8 Å². The maximum Gasteiger partial charge on any atom is 0.374 e. The van der Waals surface area contributed by atoms with Crippen molar-refractivity contribution in [2.24, 2.45) is 0 Å². The Morgan fingerprint density at radius 3 is 1.19 bits per heavy atom. The quantitative estimate of drug-likeness (QED) is 0.0423. The molecule has 0 amide bonds. The smallest absolute Gasteiger partial charge is 0.374 e. The topological polar surface area (TPSA) is 197 Å². The van der Waals surface area contributed by atoms with Gasteiger partial charge in [-0.3, -0.25) is 28.8 Å². The highest BCUT2D eigenvalue weighted by atomic mass is 16.5. The molecule has 7 aromatic rings. The van der Waals surface area contributed by atoms with Crippen LogP contribution in [-0.4, -0.2) is 77.5 Å². The maximum atomic E-state index is 11.9. The summed E-state index contributed by atoms with van der Waals surface area (Å²) in [5.41, 5.74) is 5.69. The zero-order valence-electron chi connectivity index (χ0n) is 35.6. The highest BCUT2D eigenvalue weighted by Crippen LogP contribution is 2.11. The molecule has 4 aromatic heterocycles. The van der Waals surface area contributed by atoms with Crippen LogP contribution in [0, 0.1) is 0 Å². The lowest BCUT2D eigenvalue weighted by molar-refractivity contribution is -0.151. The van der Waals surface area contributed by atoms with E-state index in [1.807, 2.05) is 111 Å². The molecule has 3 aromatic carbocycles. The third-order valence-corrected chi connectivity index (χ3v) is 9.22. The zero-order valence-corrected chi connectivity index (χ0v) is 35.6. The van der Waals surface area contributed by atoms with E-state index in [1.54, 1.807) is 69.2 Å². The van der Waals surface area contributed by atoms with Gasteiger partial charge in [0.25, 0.3) is 0 Å². The fourth-order valence-corrected chi connectivity index (χ4v) is 5.84. The van der Waals surface area contributed by atoms with E-state index < -0.39 is 47.9 Å². The predicted molar refractivity (Wildman–Crippen MR) is 238 cm³/mol. The summed E-state index contributed by atoms with van der Waals surface area (Å²) in [5.74, 6) is -5.16. The average Bonchev–Trinajstić information content (AvgIpc) is 4.14. The van der Waals surface area contributed by atoms with Gasteiger partial charge in [0.1, 0.15) is 0 Å². The third kappa shape index (κ3) is 16.3. The molecule has 14 nitrogen and oxygen atoms in total. The Morgan fingerprint density at radius 1 is 0.500 bits per heavy atom. The molecule has 0 aliphatic carbocycles. The average molecular weight is 865 g/mol. The summed E-state index contributed by atoms with van der Waals surface area (Å²) in [5, 5.41) is 8.47. The summed E-state index contributed by atoms with van der Waals surface area (Å²) in [7, 11) is 1.11. The van der Waals surface area contributed by atoms with E-state index in [9.17, 15) is 38.4 Å². The fraction of sp³-hybridized carbons (Fsp3) is 0.160. The fourth-order valence-electron chi connectivity index (χ4n) is 5.84. The lowest BCUT2D eigenvalue weighted by Gasteiger charge is -2.02. The van der Waals surface area contributed by atoms with Gasteiger partial charge < -0.3 is 28.5 Å². The molecular weight excluding hydrogens is 817 g/mol. The lowest BCUT2D eigenvalue weighted by Crippen LogP contribution is -2.19. The molecule has 64 heavy (non-hydrogen) atoms. The number of hydrogen-bond acceptors (Lipinski definition) is 9. The monoisotopic (exact) mass is 864 g/mol. The van der Waals surface area contributed by atoms with Crippen molar-refractivity contribution in [3.05, 3.63) is 204 Å². The molecule has 0 unspecified atom stereocenters. The number of carboxylic acid groups (broad SMARTS) is 1. The van der Waals surface area contributed by atoms with E-state index in [1.165, 1.54) is 5.56 Å². The highest BCUT2D eigenvalue weighted by molar-refractivity contribution is 6.38. The molecular formula is C50H48N4O10. The molecule has 2 N–H and O–H groups in total. The normalized spacial score (nSPS) is 10.0. The molecule has 7 rings (SSSR count). The van der Waals surface area contributed by atoms with Crippen LogP contribution in [-0.2, 0) is 43.5 Å². The second-order valence-corrected chi connectivity index (χ2v) is 14.2. The predicted octanol–water partition coefficient (Wildman–Crippen LogP) is 7.57. The van der Waals surface area contributed by atoms with E-state index in [2.05, 4.69) is 21.9 Å². The Morgan fingerprint density at radius 2 is 0.875 bits per heavy atom. The van der Waals surface area contributed by atoms with Crippen LogP contribution in [0.4, 0.5) is 0 Å². The number of methoxy groups -OCH3 is 1. The Bertz CT molecular complexity index is 2640. The molecule has 0 atom stereocenters. The molecule has 0 spiro atoms. The van der Waals surface area contributed by atoms with Crippen LogP contribution in [0.25, 0.3) is 0 Å². The first-order chi connectivity index (χ1) is 30.7. The van der Waals surface area contributed by atoms with Crippen LogP contribution in [0.5, 0.6) is 0 Å². The van der Waals surface area contributed by atoms with Gasteiger partial charge in [-0.15, -0.1) is 0 Å². The van der Waals surface area contributed by atoms with Crippen LogP contribution >= 0.6 is 0 Å². The number of ether oxygens (including phenoxy) is 1. The summed E-state index contributed by atoms with van der Waals surface area (Å²) in [6.07, 6.45) is 12.9. The van der Waals surface area contributed by atoms with Gasteiger partial charge in [-0.2, -0.15) is 0 Å². The number of carbonyl (C=O) groups excluding carboxylic acids is 7. The highest BCUT2D eigenvalue weighted by Gasteiger charge is 2.20. The first-order valence-corrected chi connectivity index (χ1v) is 19.9. The second-order valence-electron chi connectivity index (χ2n) is 14.2. The van der Waals surface area contributed by atoms with E-state index >= 15 is 0 Å². The van der Waals surface area contributed by atoms with Crippen molar-refractivity contribution < 1.29 is 48.2 Å². The van der Waals surface area contributed by atoms with Crippen molar-refractivity contribution in [3.63, 3.8) is 0 Å². The molecule has 0 radical (unpaired) electrons. The van der Waals surface area contributed by atoms with Crippen LogP contribution in [0.2, 0.25) is 0 Å². The Labute approximate surface area is 369 Å². The van der Waals surface area contributed by atoms with Crippen LogP contribution in [0.3, 0.4) is 0 Å². The van der Waals surface area contributed by atoms with E-state index in [-0.39, 0.29) is 11.6 Å². The third-order valence-electron chi connectivity index (χ3n) is 9.22. The minimum atomic E-state index is -1.58. The summed E-state index contributed by atoms with van der Waals surface area (Å²) < 4.78 is 9.97. The number of hydrogen-bond donors (Lipinski definition) is 2. The standard InChI is InChI=1S/C16H15NO4.C15H13NO4.C13H13NO.C6H7NO/c1-21-16(20)15(19)9-14(18)13-7-8-17(11-13)10-12-5-3-2-4-6-12;17-13(8-14(18)15(19)20)12-6-7-16(10-12)9-11-4-2-1-3-5-11;1-11(15)13-7-8-14(10-13)9-12-5-3-2-4-6-12;1-5(8)6-2-3-7-4-6/h2-8,11H,9-10H2,1H3;1-7,10H,8-9H2,(H,19,20);2-8,10H,9H2,1H3;2-4,7H,1H3. The summed E-state index contributed by atoms with van der Waals surface area (Å²) in [4.78, 5) is 91.8. The van der Waals surface area contributed by atoms with Gasteiger partial charge in [-0.1, -0.05) is 91.0 Å². The lowest BCUT2D eigenvalue weighted by atomic mass is 10.1. The van der Waals surface area contributed by atoms with Gasteiger partial charge in [0, 0.05) is 91.5 Å². The molecule has 328 valence electrons. The van der Waals surface area contributed by atoms with Gasteiger partial charge in [-0.05, 0) is 54.8 Å². The van der Waals surface area contributed by atoms with E-state index in [0.29, 0.717) is 24.2 Å². The van der Waals surface area contributed by atoms with Crippen LogP contribution < -0.4 is 0 Å². The van der Waals surface area contributed by atoms with Crippen molar-refractivity contribution in [2.75, 3.05) is 7.11 Å². The van der Waals surface area contributed by atoms with Crippen LogP contribution in [0.15, 0.2) is 165 Å². The van der Waals surface area contributed by atoms with E-state index in [4.69, 9.17) is 5.11 Å².